The summed E-state index contributed by atoms with van der Waals surface area (Å²) in [6, 6.07) is 3.28. The molecule has 0 aliphatic carbocycles. The van der Waals surface area contributed by atoms with Gasteiger partial charge in [0.05, 0.1) is 6.61 Å². The van der Waals surface area contributed by atoms with E-state index in [2.05, 4.69) is 27.4 Å². The van der Waals surface area contributed by atoms with Crippen LogP contribution >= 0.6 is 0 Å². The van der Waals surface area contributed by atoms with Gasteiger partial charge >= 0.3 is 5.97 Å². The van der Waals surface area contributed by atoms with Crippen LogP contribution in [-0.2, 0) is 14.0 Å². The van der Waals surface area contributed by atoms with Crippen molar-refractivity contribution in [1.29, 1.82) is 0 Å². The zero-order chi connectivity index (χ0) is 14.6. The van der Waals surface area contributed by atoms with E-state index in [1.165, 1.54) is 43.8 Å². The molecule has 0 aliphatic heterocycles. The third kappa shape index (κ3) is 8.21. The van der Waals surface area contributed by atoms with Gasteiger partial charge < -0.3 is 9.16 Å². The lowest BCUT2D eigenvalue weighted by Gasteiger charge is -2.31. The number of rotatable bonds is 12. The van der Waals surface area contributed by atoms with Crippen molar-refractivity contribution in [2.24, 2.45) is 0 Å². The number of unbranched alkanes of at least 4 members (excludes halogenated alkanes) is 2. The van der Waals surface area contributed by atoms with E-state index in [-0.39, 0.29) is 5.97 Å². The Bertz CT molecular complexity index is 246. The predicted molar refractivity (Wildman–Crippen MR) is 82.8 cm³/mol. The van der Waals surface area contributed by atoms with Gasteiger partial charge in [-0.1, -0.05) is 46.1 Å². The molecule has 4 heteroatoms. The van der Waals surface area contributed by atoms with E-state index < -0.39 is 8.32 Å². The highest BCUT2D eigenvalue weighted by Gasteiger charge is 2.33. The van der Waals surface area contributed by atoms with Crippen LogP contribution in [0.2, 0.25) is 18.1 Å². The molecule has 0 saturated heterocycles. The van der Waals surface area contributed by atoms with Crippen LogP contribution in [-0.4, -0.2) is 27.5 Å². The second kappa shape index (κ2) is 11.2. The smallest absolute Gasteiger partial charge is 0.330 e. The fourth-order valence-electron chi connectivity index (χ4n) is 2.29. The highest BCUT2D eigenvalue weighted by atomic mass is 28.4. The number of hydrogen-bond acceptors (Lipinski definition) is 3. The molecule has 0 aromatic rings. The van der Waals surface area contributed by atoms with Gasteiger partial charge in [-0.2, -0.15) is 0 Å². The Kier molecular flexibility index (Phi) is 10.9. The van der Waals surface area contributed by atoms with Gasteiger partial charge in [-0.3, -0.25) is 0 Å². The Morgan fingerprint density at radius 3 is 2.11 bits per heavy atom. The van der Waals surface area contributed by atoms with Crippen molar-refractivity contribution in [2.45, 2.75) is 64.6 Å². The molecule has 0 amide bonds. The summed E-state index contributed by atoms with van der Waals surface area (Å²) >= 11 is 0. The summed E-state index contributed by atoms with van der Waals surface area (Å²) in [5, 5.41) is 0. The first-order valence-electron chi connectivity index (χ1n) is 7.57. The molecule has 0 unspecified atom stereocenters. The third-order valence-corrected chi connectivity index (χ3v) is 7.94. The summed E-state index contributed by atoms with van der Waals surface area (Å²) in [5.41, 5.74) is 0. The van der Waals surface area contributed by atoms with Crippen LogP contribution < -0.4 is 0 Å². The van der Waals surface area contributed by atoms with E-state index in [1.807, 2.05) is 0 Å². The second-order valence-electron chi connectivity index (χ2n) is 4.94. The van der Waals surface area contributed by atoms with Gasteiger partial charge in [-0.25, -0.2) is 4.79 Å². The molecule has 0 aromatic carbocycles. The number of esters is 1. The average Bonchev–Trinajstić information content (AvgIpc) is 2.42. The Morgan fingerprint density at radius 1 is 1.11 bits per heavy atom. The topological polar surface area (TPSA) is 35.5 Å². The maximum absolute atomic E-state index is 11.1. The molecule has 19 heavy (non-hydrogen) atoms. The first-order valence-corrected chi connectivity index (χ1v) is 10.1. The fraction of sp³-hybridized carbons (Fsp3) is 0.800. The average molecular weight is 286 g/mol. The first-order chi connectivity index (χ1) is 9.14. The van der Waals surface area contributed by atoms with Gasteiger partial charge in [-0.15, -0.1) is 0 Å². The lowest BCUT2D eigenvalue weighted by atomic mass is 10.4. The molecular weight excluding hydrogens is 256 g/mol. The Labute approximate surface area is 119 Å². The van der Waals surface area contributed by atoms with Crippen molar-refractivity contribution in [2.75, 3.05) is 13.2 Å². The molecule has 0 N–H and O–H groups in total. The van der Waals surface area contributed by atoms with Gasteiger partial charge in [0.2, 0.25) is 0 Å². The molecule has 0 bridgehead atoms. The van der Waals surface area contributed by atoms with Crippen LogP contribution in [0.4, 0.5) is 0 Å². The molecule has 0 aromatic heterocycles. The van der Waals surface area contributed by atoms with Gasteiger partial charge in [0.15, 0.2) is 8.32 Å². The van der Waals surface area contributed by atoms with Gasteiger partial charge in [0.25, 0.3) is 0 Å². The zero-order valence-electron chi connectivity index (χ0n) is 12.9. The predicted octanol–water partition coefficient (Wildman–Crippen LogP) is 4.30. The summed E-state index contributed by atoms with van der Waals surface area (Å²) < 4.78 is 11.3. The SMILES string of the molecule is C=CC(=O)OCC[Si](CCCC)(CCCC)OCC. The summed E-state index contributed by atoms with van der Waals surface area (Å²) in [6.07, 6.45) is 6.04. The highest BCUT2D eigenvalue weighted by molar-refractivity contribution is 6.73. The van der Waals surface area contributed by atoms with E-state index in [0.717, 1.165) is 12.7 Å². The molecule has 0 heterocycles. The fourth-order valence-corrected chi connectivity index (χ4v) is 6.56. The number of ether oxygens (including phenoxy) is 1. The van der Waals surface area contributed by atoms with E-state index in [4.69, 9.17) is 9.16 Å². The summed E-state index contributed by atoms with van der Waals surface area (Å²) in [4.78, 5) is 11.1. The summed E-state index contributed by atoms with van der Waals surface area (Å²) in [5.74, 6) is -0.328. The third-order valence-electron chi connectivity index (χ3n) is 3.39. The van der Waals surface area contributed by atoms with Crippen LogP contribution in [0.3, 0.4) is 0 Å². The molecule has 0 aliphatic rings. The molecule has 0 spiro atoms. The van der Waals surface area contributed by atoms with Crippen LogP contribution in [0, 0.1) is 0 Å². The van der Waals surface area contributed by atoms with Crippen molar-refractivity contribution >= 4 is 14.3 Å². The van der Waals surface area contributed by atoms with E-state index in [0.29, 0.717) is 6.61 Å². The van der Waals surface area contributed by atoms with Gasteiger partial charge in [0.1, 0.15) is 0 Å². The summed E-state index contributed by atoms with van der Waals surface area (Å²) in [7, 11) is -1.73. The minimum absolute atomic E-state index is 0.328. The number of carbonyl (C=O) groups is 1. The van der Waals surface area contributed by atoms with Crippen molar-refractivity contribution < 1.29 is 14.0 Å². The Morgan fingerprint density at radius 2 is 1.68 bits per heavy atom. The highest BCUT2D eigenvalue weighted by Crippen LogP contribution is 2.27. The van der Waals surface area contributed by atoms with E-state index in [9.17, 15) is 4.79 Å². The van der Waals surface area contributed by atoms with Crippen LogP contribution in [0.5, 0.6) is 0 Å². The molecule has 0 rings (SSSR count). The lowest BCUT2D eigenvalue weighted by Crippen LogP contribution is -2.39. The Balaban J connectivity index is 4.47. The second-order valence-corrected chi connectivity index (χ2v) is 9.10. The Hall–Kier alpha value is -0.613. The van der Waals surface area contributed by atoms with E-state index >= 15 is 0 Å². The van der Waals surface area contributed by atoms with Crippen LogP contribution in [0.15, 0.2) is 12.7 Å². The molecular formula is C15H30O3Si. The van der Waals surface area contributed by atoms with Crippen LogP contribution in [0.1, 0.15) is 46.5 Å². The molecule has 112 valence electrons. The van der Waals surface area contributed by atoms with Crippen molar-refractivity contribution in [3.05, 3.63) is 12.7 Å². The lowest BCUT2D eigenvalue weighted by molar-refractivity contribution is -0.137. The zero-order valence-corrected chi connectivity index (χ0v) is 13.9. The molecule has 0 radical (unpaired) electrons. The largest absolute Gasteiger partial charge is 0.463 e. The van der Waals surface area contributed by atoms with Gasteiger partial charge in [-0.05, 0) is 19.0 Å². The molecule has 0 atom stereocenters. The summed E-state index contributed by atoms with van der Waals surface area (Å²) in [6.45, 7) is 11.2. The first kappa shape index (κ1) is 18.4. The minimum Gasteiger partial charge on any atom is -0.463 e. The maximum Gasteiger partial charge on any atom is 0.330 e. The van der Waals surface area contributed by atoms with Crippen molar-refractivity contribution in [1.82, 2.24) is 0 Å². The van der Waals surface area contributed by atoms with Crippen molar-refractivity contribution in [3.8, 4) is 0 Å². The maximum atomic E-state index is 11.1. The number of hydrogen-bond donors (Lipinski definition) is 0. The van der Waals surface area contributed by atoms with Crippen LogP contribution in [0.25, 0.3) is 0 Å². The molecule has 0 fully saturated rings. The monoisotopic (exact) mass is 286 g/mol. The molecule has 0 saturated carbocycles. The molecule has 3 nitrogen and oxygen atoms in total. The standard InChI is InChI=1S/C15H30O3Si/c1-5-9-12-19(18-8-4,13-10-6-2)14-11-17-15(16)7-3/h7H,3,5-6,8-14H2,1-2,4H3. The minimum atomic E-state index is -1.73. The normalized spacial score (nSPS) is 11.3. The van der Waals surface area contributed by atoms with E-state index in [1.54, 1.807) is 0 Å². The number of carbonyl (C=O) groups excluding carboxylic acids is 1. The van der Waals surface area contributed by atoms with Crippen molar-refractivity contribution in [3.63, 3.8) is 0 Å². The van der Waals surface area contributed by atoms with Gasteiger partial charge in [0, 0.05) is 18.7 Å². The quantitative estimate of drug-likeness (QED) is 0.305.